The Morgan fingerprint density at radius 3 is 2.76 bits per heavy atom. The van der Waals surface area contributed by atoms with Crippen molar-refractivity contribution in [3.05, 3.63) is 35.9 Å². The van der Waals surface area contributed by atoms with Gasteiger partial charge in [-0.2, -0.15) is 0 Å². The number of benzene rings is 1. The van der Waals surface area contributed by atoms with Crippen molar-refractivity contribution in [3.63, 3.8) is 0 Å². The van der Waals surface area contributed by atoms with E-state index in [2.05, 4.69) is 17.4 Å². The van der Waals surface area contributed by atoms with Crippen LogP contribution in [0.2, 0.25) is 0 Å². The Bertz CT molecular complexity index is 364. The maximum Gasteiger partial charge on any atom is 0.245 e. The van der Waals surface area contributed by atoms with Gasteiger partial charge in [-0.1, -0.05) is 36.8 Å². The Morgan fingerprint density at radius 1 is 1.29 bits per heavy atom. The molecule has 1 saturated carbocycles. The quantitative estimate of drug-likeness (QED) is 0.828. The van der Waals surface area contributed by atoms with Crippen molar-refractivity contribution in [1.82, 2.24) is 5.32 Å². The third-order valence-electron chi connectivity index (χ3n) is 3.49. The zero-order valence-corrected chi connectivity index (χ0v) is 9.93. The van der Waals surface area contributed by atoms with Gasteiger partial charge in [-0.3, -0.25) is 4.79 Å². The van der Waals surface area contributed by atoms with Gasteiger partial charge < -0.3 is 10.4 Å². The second-order valence-corrected chi connectivity index (χ2v) is 4.71. The third-order valence-corrected chi connectivity index (χ3v) is 3.49. The predicted molar refractivity (Wildman–Crippen MR) is 66.5 cm³/mol. The van der Waals surface area contributed by atoms with Crippen LogP contribution in [-0.2, 0) is 11.2 Å². The van der Waals surface area contributed by atoms with Gasteiger partial charge in [-0.05, 0) is 30.7 Å². The average Bonchev–Trinajstić information content (AvgIpc) is 2.78. The van der Waals surface area contributed by atoms with E-state index in [1.54, 1.807) is 0 Å². The van der Waals surface area contributed by atoms with Crippen LogP contribution in [0.1, 0.15) is 24.8 Å². The monoisotopic (exact) mass is 233 g/mol. The maximum absolute atomic E-state index is 11.2. The summed E-state index contributed by atoms with van der Waals surface area (Å²) in [6.07, 6.45) is 4.36. The highest BCUT2D eigenvalue weighted by molar-refractivity contribution is 5.77. The summed E-state index contributed by atoms with van der Waals surface area (Å²) in [6.45, 7) is -0.408. The molecule has 0 aromatic heterocycles. The van der Waals surface area contributed by atoms with Crippen LogP contribution in [-0.4, -0.2) is 23.7 Å². The van der Waals surface area contributed by atoms with Gasteiger partial charge in [-0.25, -0.2) is 0 Å². The van der Waals surface area contributed by atoms with Gasteiger partial charge >= 0.3 is 0 Å². The topological polar surface area (TPSA) is 49.3 Å². The first kappa shape index (κ1) is 12.1. The standard InChI is InChI=1S/C14H19NO2/c16-10-14(17)15-13-8-4-7-12(13)9-11-5-2-1-3-6-11/h1-3,5-6,12-13,16H,4,7-10H2,(H,15,17)/t12-,13-/m0/s1. The Kier molecular flexibility index (Phi) is 4.15. The highest BCUT2D eigenvalue weighted by Gasteiger charge is 2.28. The molecule has 0 unspecified atom stereocenters. The molecule has 17 heavy (non-hydrogen) atoms. The smallest absolute Gasteiger partial charge is 0.245 e. The molecule has 1 amide bonds. The first-order chi connectivity index (χ1) is 8.29. The number of aliphatic hydroxyl groups is 1. The van der Waals surface area contributed by atoms with Gasteiger partial charge in [0, 0.05) is 6.04 Å². The maximum atomic E-state index is 11.2. The average molecular weight is 233 g/mol. The molecule has 3 heteroatoms. The molecule has 0 heterocycles. The summed E-state index contributed by atoms with van der Waals surface area (Å²) in [4.78, 5) is 11.2. The minimum atomic E-state index is -0.408. The first-order valence-electron chi connectivity index (χ1n) is 6.23. The molecule has 2 N–H and O–H groups in total. The van der Waals surface area contributed by atoms with Crippen molar-refractivity contribution >= 4 is 5.91 Å². The molecule has 1 aliphatic carbocycles. The van der Waals surface area contributed by atoms with Crippen LogP contribution in [0.25, 0.3) is 0 Å². The summed E-state index contributed by atoms with van der Waals surface area (Å²) in [5.41, 5.74) is 1.32. The van der Waals surface area contributed by atoms with Crippen LogP contribution < -0.4 is 5.32 Å². The summed E-state index contributed by atoms with van der Waals surface area (Å²) >= 11 is 0. The second kappa shape index (κ2) is 5.82. The van der Waals surface area contributed by atoms with E-state index in [-0.39, 0.29) is 11.9 Å². The molecular formula is C14H19NO2. The molecule has 2 atom stereocenters. The third kappa shape index (κ3) is 3.30. The molecule has 0 radical (unpaired) electrons. The SMILES string of the molecule is O=C(CO)N[C@H]1CCC[C@H]1Cc1ccccc1. The van der Waals surface area contributed by atoms with Crippen LogP contribution in [0.15, 0.2) is 30.3 Å². The van der Waals surface area contributed by atoms with Gasteiger partial charge in [0.2, 0.25) is 5.91 Å². The van der Waals surface area contributed by atoms with E-state index in [9.17, 15) is 4.79 Å². The van der Waals surface area contributed by atoms with Crippen molar-refractivity contribution in [2.45, 2.75) is 31.7 Å². The zero-order chi connectivity index (χ0) is 12.1. The molecule has 0 aliphatic heterocycles. The van der Waals surface area contributed by atoms with E-state index in [1.165, 1.54) is 5.56 Å². The van der Waals surface area contributed by atoms with Crippen molar-refractivity contribution in [2.24, 2.45) is 5.92 Å². The molecule has 1 fully saturated rings. The number of hydrogen-bond acceptors (Lipinski definition) is 2. The van der Waals surface area contributed by atoms with Gasteiger partial charge in [0.15, 0.2) is 0 Å². The van der Waals surface area contributed by atoms with Crippen molar-refractivity contribution in [1.29, 1.82) is 0 Å². The molecule has 0 saturated heterocycles. The largest absolute Gasteiger partial charge is 0.387 e. The lowest BCUT2D eigenvalue weighted by atomic mass is 9.94. The fourth-order valence-corrected chi connectivity index (χ4v) is 2.64. The van der Waals surface area contributed by atoms with E-state index in [0.717, 1.165) is 25.7 Å². The molecule has 3 nitrogen and oxygen atoms in total. The highest BCUT2D eigenvalue weighted by atomic mass is 16.3. The number of carbonyl (C=O) groups is 1. The van der Waals surface area contributed by atoms with Gasteiger partial charge in [0.25, 0.3) is 0 Å². The lowest BCUT2D eigenvalue weighted by Crippen LogP contribution is -2.39. The number of carbonyl (C=O) groups excluding carboxylic acids is 1. The Labute approximate surface area is 102 Å². The fraction of sp³-hybridized carbons (Fsp3) is 0.500. The highest BCUT2D eigenvalue weighted by Crippen LogP contribution is 2.28. The summed E-state index contributed by atoms with van der Waals surface area (Å²) in [5, 5.41) is 11.7. The van der Waals surface area contributed by atoms with Gasteiger partial charge in [0.05, 0.1) is 0 Å². The number of aliphatic hydroxyl groups excluding tert-OH is 1. The number of hydrogen-bond donors (Lipinski definition) is 2. The van der Waals surface area contributed by atoms with E-state index in [0.29, 0.717) is 5.92 Å². The summed E-state index contributed by atoms with van der Waals surface area (Å²) in [5.74, 6) is 0.253. The van der Waals surface area contributed by atoms with Crippen molar-refractivity contribution in [3.8, 4) is 0 Å². The summed E-state index contributed by atoms with van der Waals surface area (Å²) < 4.78 is 0. The predicted octanol–water partition coefficient (Wildman–Crippen LogP) is 1.51. The molecule has 0 bridgehead atoms. The van der Waals surface area contributed by atoms with Crippen LogP contribution in [0.3, 0.4) is 0 Å². The molecule has 2 rings (SSSR count). The zero-order valence-electron chi connectivity index (χ0n) is 9.93. The summed E-state index contributed by atoms with van der Waals surface area (Å²) in [6, 6.07) is 10.6. The molecule has 1 aromatic carbocycles. The van der Waals surface area contributed by atoms with Crippen LogP contribution in [0.4, 0.5) is 0 Å². The second-order valence-electron chi connectivity index (χ2n) is 4.71. The molecule has 92 valence electrons. The Morgan fingerprint density at radius 2 is 2.06 bits per heavy atom. The Hall–Kier alpha value is -1.35. The molecule has 0 spiro atoms. The normalized spacial score (nSPS) is 23.6. The number of amides is 1. The number of rotatable bonds is 4. The number of nitrogens with one attached hydrogen (secondary N) is 1. The molecule has 1 aromatic rings. The Balaban J connectivity index is 1.93. The van der Waals surface area contributed by atoms with Crippen LogP contribution in [0, 0.1) is 5.92 Å². The lowest BCUT2D eigenvalue weighted by molar-refractivity contribution is -0.124. The van der Waals surface area contributed by atoms with Crippen molar-refractivity contribution < 1.29 is 9.90 Å². The van der Waals surface area contributed by atoms with Crippen LogP contribution in [0.5, 0.6) is 0 Å². The summed E-state index contributed by atoms with van der Waals surface area (Å²) in [7, 11) is 0. The van der Waals surface area contributed by atoms with E-state index >= 15 is 0 Å². The molecule has 1 aliphatic rings. The fourth-order valence-electron chi connectivity index (χ4n) is 2.64. The lowest BCUT2D eigenvalue weighted by Gasteiger charge is -2.20. The van der Waals surface area contributed by atoms with E-state index in [4.69, 9.17) is 5.11 Å². The first-order valence-corrected chi connectivity index (χ1v) is 6.23. The van der Waals surface area contributed by atoms with Crippen LogP contribution >= 0.6 is 0 Å². The van der Waals surface area contributed by atoms with E-state index in [1.807, 2.05) is 18.2 Å². The van der Waals surface area contributed by atoms with Gasteiger partial charge in [-0.15, -0.1) is 0 Å². The van der Waals surface area contributed by atoms with E-state index < -0.39 is 6.61 Å². The van der Waals surface area contributed by atoms with Gasteiger partial charge in [0.1, 0.15) is 6.61 Å². The van der Waals surface area contributed by atoms with Crippen molar-refractivity contribution in [2.75, 3.05) is 6.61 Å². The minimum absolute atomic E-state index is 0.231. The minimum Gasteiger partial charge on any atom is -0.387 e. The molecular weight excluding hydrogens is 214 g/mol.